The molecule has 0 radical (unpaired) electrons. The topological polar surface area (TPSA) is 72.9 Å². The molecule has 3 rings (SSSR count). The van der Waals surface area contributed by atoms with Gasteiger partial charge in [-0.15, -0.1) is 0 Å². The van der Waals surface area contributed by atoms with E-state index in [2.05, 4.69) is 31.0 Å². The van der Waals surface area contributed by atoms with Gasteiger partial charge in [0.25, 0.3) is 0 Å². The highest BCUT2D eigenvalue weighted by atomic mass is 35.5. The lowest BCUT2D eigenvalue weighted by Crippen LogP contribution is -2.60. The Kier molecular flexibility index (Phi) is 7.76. The number of carbonyl (C=O) groups is 2. The molecule has 0 bridgehead atoms. The van der Waals surface area contributed by atoms with Gasteiger partial charge < -0.3 is 15.3 Å². The zero-order valence-corrected chi connectivity index (χ0v) is 22.6. The van der Waals surface area contributed by atoms with Gasteiger partial charge in [0.1, 0.15) is 6.04 Å². The van der Waals surface area contributed by atoms with E-state index >= 15 is 0 Å². The summed E-state index contributed by atoms with van der Waals surface area (Å²) in [7, 11) is 0. The van der Waals surface area contributed by atoms with Crippen molar-refractivity contribution in [3.63, 3.8) is 0 Å². The monoisotopic (exact) mass is 491 g/mol. The van der Waals surface area contributed by atoms with Crippen LogP contribution in [0.5, 0.6) is 0 Å². The summed E-state index contributed by atoms with van der Waals surface area (Å²) in [5.41, 5.74) is -0.792. The summed E-state index contributed by atoms with van der Waals surface area (Å²) >= 11 is 6.04. The first-order valence-corrected chi connectivity index (χ1v) is 12.9. The molecule has 2 fully saturated rings. The highest BCUT2D eigenvalue weighted by Gasteiger charge is 2.50. The van der Waals surface area contributed by atoms with Crippen molar-refractivity contribution in [2.24, 2.45) is 17.3 Å². The average molecular weight is 492 g/mol. The van der Waals surface area contributed by atoms with Crippen molar-refractivity contribution in [1.29, 1.82) is 0 Å². The van der Waals surface area contributed by atoms with Gasteiger partial charge in [-0.2, -0.15) is 0 Å². The molecule has 34 heavy (non-hydrogen) atoms. The van der Waals surface area contributed by atoms with Gasteiger partial charge in [-0.25, -0.2) is 0 Å². The second-order valence-corrected chi connectivity index (χ2v) is 12.5. The Morgan fingerprint density at radius 2 is 1.76 bits per heavy atom. The zero-order chi connectivity index (χ0) is 25.5. The number of benzene rings is 1. The van der Waals surface area contributed by atoms with Crippen LogP contribution in [0.15, 0.2) is 24.3 Å². The second kappa shape index (κ2) is 9.79. The highest BCUT2D eigenvalue weighted by molar-refractivity contribution is 6.30. The Balaban J connectivity index is 1.70. The van der Waals surface area contributed by atoms with Crippen LogP contribution in [0.2, 0.25) is 5.02 Å². The Morgan fingerprint density at radius 3 is 2.26 bits per heavy atom. The smallest absolute Gasteiger partial charge is 0.245 e. The summed E-state index contributed by atoms with van der Waals surface area (Å²) in [5.74, 6) is -0.231. The number of hydrogen-bond acceptors (Lipinski definition) is 4. The van der Waals surface area contributed by atoms with Crippen LogP contribution in [0, 0.1) is 17.3 Å². The van der Waals surface area contributed by atoms with Gasteiger partial charge >= 0.3 is 0 Å². The molecule has 0 spiro atoms. The van der Waals surface area contributed by atoms with Gasteiger partial charge in [-0.1, -0.05) is 51.4 Å². The number of amides is 2. The minimum Gasteiger partial charge on any atom is -0.384 e. The van der Waals surface area contributed by atoms with E-state index in [1.165, 1.54) is 0 Å². The van der Waals surface area contributed by atoms with Crippen molar-refractivity contribution in [3.05, 3.63) is 34.9 Å². The maximum absolute atomic E-state index is 13.6. The molecule has 0 aliphatic carbocycles. The maximum atomic E-state index is 13.6. The van der Waals surface area contributed by atoms with Gasteiger partial charge in [-0.3, -0.25) is 14.5 Å². The summed E-state index contributed by atoms with van der Waals surface area (Å²) in [4.78, 5) is 30.8. The third-order valence-electron chi connectivity index (χ3n) is 7.82. The minimum absolute atomic E-state index is 0.0303. The third-order valence-corrected chi connectivity index (χ3v) is 8.07. The minimum atomic E-state index is -1.06. The number of likely N-dealkylation sites (tertiary alicyclic amines) is 2. The Hall–Kier alpha value is -1.63. The van der Waals surface area contributed by atoms with Gasteiger partial charge in [-0.05, 0) is 63.8 Å². The molecule has 7 heteroatoms. The molecule has 2 aliphatic rings. The van der Waals surface area contributed by atoms with Gasteiger partial charge in [0, 0.05) is 35.6 Å². The zero-order valence-electron chi connectivity index (χ0n) is 21.8. The molecule has 2 amide bonds. The molecular formula is C27H42ClN3O3. The summed E-state index contributed by atoms with van der Waals surface area (Å²) in [6.07, 6.45) is 1.24. The van der Waals surface area contributed by atoms with E-state index in [9.17, 15) is 14.7 Å². The number of nitrogens with one attached hydrogen (secondary N) is 1. The fraction of sp³-hybridized carbons (Fsp3) is 0.704. The molecule has 1 aromatic carbocycles. The number of halogens is 1. The molecule has 3 atom stereocenters. The van der Waals surface area contributed by atoms with Crippen LogP contribution in [0.1, 0.15) is 66.9 Å². The average Bonchev–Trinajstić information content (AvgIpc) is 3.24. The van der Waals surface area contributed by atoms with Crippen LogP contribution < -0.4 is 5.32 Å². The molecule has 6 nitrogen and oxygen atoms in total. The molecular weight excluding hydrogens is 450 g/mol. The van der Waals surface area contributed by atoms with E-state index in [1.54, 1.807) is 12.1 Å². The standard InChI is InChI=1S/C27H42ClN3O3/c1-18(2)22(29-23(32)19-12-14-31(16-19)25(3,4)5)24(33)30-15-13-27(34,26(6,7)17-30)20-8-10-21(28)11-9-20/h8-11,18-19,22,34H,12-17H2,1-7H3,(H,29,32)/t19-,22-,27+/m1/s1. The number of piperidine rings is 1. The first-order chi connectivity index (χ1) is 15.7. The van der Waals surface area contributed by atoms with Crippen molar-refractivity contribution < 1.29 is 14.7 Å². The SMILES string of the molecule is CC(C)[C@@H](NC(=O)[C@@H]1CCN(C(C)(C)C)C1)C(=O)N1CC[C@](O)(c2ccc(Cl)cc2)C(C)(C)C1. The van der Waals surface area contributed by atoms with Crippen LogP contribution in [-0.2, 0) is 15.2 Å². The summed E-state index contributed by atoms with van der Waals surface area (Å²) in [6, 6.07) is 6.73. The molecule has 2 saturated heterocycles. The lowest BCUT2D eigenvalue weighted by Gasteiger charge is -2.51. The number of aliphatic hydroxyl groups is 1. The quantitative estimate of drug-likeness (QED) is 0.651. The first kappa shape index (κ1) is 27.0. The number of nitrogens with zero attached hydrogens (tertiary/aromatic N) is 2. The van der Waals surface area contributed by atoms with E-state index < -0.39 is 17.1 Å². The fourth-order valence-corrected chi connectivity index (χ4v) is 5.46. The summed E-state index contributed by atoms with van der Waals surface area (Å²) in [6.45, 7) is 16.9. The molecule has 2 aliphatic heterocycles. The van der Waals surface area contributed by atoms with Crippen molar-refractivity contribution >= 4 is 23.4 Å². The number of carbonyl (C=O) groups excluding carboxylic acids is 2. The summed E-state index contributed by atoms with van der Waals surface area (Å²) in [5, 5.41) is 15.3. The first-order valence-electron chi connectivity index (χ1n) is 12.5. The predicted molar refractivity (Wildman–Crippen MR) is 137 cm³/mol. The fourth-order valence-electron chi connectivity index (χ4n) is 5.34. The molecule has 0 unspecified atom stereocenters. The maximum Gasteiger partial charge on any atom is 0.245 e. The van der Waals surface area contributed by atoms with Crippen LogP contribution >= 0.6 is 11.6 Å². The van der Waals surface area contributed by atoms with Crippen molar-refractivity contribution in [1.82, 2.24) is 15.1 Å². The van der Waals surface area contributed by atoms with Gasteiger partial charge in [0.15, 0.2) is 0 Å². The lowest BCUT2D eigenvalue weighted by molar-refractivity contribution is -0.157. The predicted octanol–water partition coefficient (Wildman–Crippen LogP) is 4.05. The van der Waals surface area contributed by atoms with Crippen molar-refractivity contribution in [2.45, 2.75) is 78.5 Å². The normalized spacial score (nSPS) is 26.5. The lowest BCUT2D eigenvalue weighted by atomic mass is 9.66. The molecule has 0 saturated carbocycles. The molecule has 0 aromatic heterocycles. The van der Waals surface area contributed by atoms with Crippen LogP contribution in [0.25, 0.3) is 0 Å². The van der Waals surface area contributed by atoms with E-state index in [-0.39, 0.29) is 29.2 Å². The van der Waals surface area contributed by atoms with Gasteiger partial charge in [0.05, 0.1) is 11.5 Å². The largest absolute Gasteiger partial charge is 0.384 e. The molecule has 2 heterocycles. The highest BCUT2D eigenvalue weighted by Crippen LogP contribution is 2.46. The van der Waals surface area contributed by atoms with E-state index in [1.807, 2.05) is 44.7 Å². The van der Waals surface area contributed by atoms with Gasteiger partial charge in [0.2, 0.25) is 11.8 Å². The van der Waals surface area contributed by atoms with E-state index in [4.69, 9.17) is 11.6 Å². The van der Waals surface area contributed by atoms with Crippen molar-refractivity contribution in [3.8, 4) is 0 Å². The Morgan fingerprint density at radius 1 is 1.15 bits per heavy atom. The van der Waals surface area contributed by atoms with E-state index in [0.29, 0.717) is 24.5 Å². The number of hydrogen-bond donors (Lipinski definition) is 2. The second-order valence-electron chi connectivity index (χ2n) is 12.1. The molecule has 190 valence electrons. The Bertz CT molecular complexity index is 893. The van der Waals surface area contributed by atoms with Crippen LogP contribution in [-0.4, -0.2) is 64.5 Å². The van der Waals surface area contributed by atoms with Crippen LogP contribution in [0.3, 0.4) is 0 Å². The third kappa shape index (κ3) is 5.44. The van der Waals surface area contributed by atoms with E-state index in [0.717, 1.165) is 25.1 Å². The summed E-state index contributed by atoms with van der Waals surface area (Å²) < 4.78 is 0. The van der Waals surface area contributed by atoms with Crippen molar-refractivity contribution in [2.75, 3.05) is 26.2 Å². The molecule has 1 aromatic rings. The number of rotatable bonds is 5. The molecule has 2 N–H and O–H groups in total. The Labute approximate surface area is 210 Å². The van der Waals surface area contributed by atoms with Crippen LogP contribution in [0.4, 0.5) is 0 Å².